The van der Waals surface area contributed by atoms with Crippen molar-refractivity contribution in [3.63, 3.8) is 0 Å². The number of anilines is 1. The molecule has 15 heavy (non-hydrogen) atoms. The van der Waals surface area contributed by atoms with Gasteiger partial charge in [0.1, 0.15) is 5.88 Å². The van der Waals surface area contributed by atoms with Crippen LogP contribution in [0.1, 0.15) is 12.0 Å². The largest absolute Gasteiger partial charge is 0.324 e. The first-order valence-electron chi connectivity index (χ1n) is 4.92. The van der Waals surface area contributed by atoms with Gasteiger partial charge in [0.15, 0.2) is 0 Å². The first-order chi connectivity index (χ1) is 7.31. The maximum absolute atomic E-state index is 11.2. The van der Waals surface area contributed by atoms with Crippen LogP contribution < -0.4 is 5.32 Å². The zero-order valence-electron chi connectivity index (χ0n) is 8.25. The fraction of sp³-hybridized carbons (Fsp3) is 0.364. The third-order valence-corrected chi connectivity index (χ3v) is 3.84. The second-order valence-corrected chi connectivity index (χ2v) is 4.80. The molecule has 2 nitrogen and oxygen atoms in total. The molecule has 0 unspecified atom stereocenters. The number of hydrogen-bond acceptors (Lipinski definition) is 2. The number of amides is 1. The third-order valence-electron chi connectivity index (χ3n) is 2.33. The highest BCUT2D eigenvalue weighted by molar-refractivity contribution is 7.99. The normalized spacial score (nSPS) is 14.5. The number of halogens is 1. The predicted molar refractivity (Wildman–Crippen MR) is 64.8 cm³/mol. The smallest absolute Gasteiger partial charge is 0.239 e. The summed E-state index contributed by atoms with van der Waals surface area (Å²) in [6.45, 7) is 0. The Morgan fingerprint density at radius 1 is 1.53 bits per heavy atom. The molecule has 1 aliphatic rings. The Kier molecular flexibility index (Phi) is 3.54. The Morgan fingerprint density at radius 3 is 3.20 bits per heavy atom. The number of carbonyl (C=O) groups excluding carboxylic acids is 1. The number of thioether (sulfide) groups is 1. The van der Waals surface area contributed by atoms with Crippen LogP contribution in [0.5, 0.6) is 0 Å². The summed E-state index contributed by atoms with van der Waals surface area (Å²) in [5, 5.41) is 2.83. The lowest BCUT2D eigenvalue weighted by molar-refractivity contribution is -0.113. The van der Waals surface area contributed by atoms with E-state index in [2.05, 4.69) is 11.4 Å². The van der Waals surface area contributed by atoms with E-state index in [9.17, 15) is 4.79 Å². The topological polar surface area (TPSA) is 29.1 Å². The average Bonchev–Trinajstić information content (AvgIpc) is 2.29. The van der Waals surface area contributed by atoms with Crippen molar-refractivity contribution in [2.45, 2.75) is 17.7 Å². The molecule has 0 saturated carbocycles. The van der Waals surface area contributed by atoms with Crippen LogP contribution in [0.3, 0.4) is 0 Å². The Labute approximate surface area is 98.4 Å². The van der Waals surface area contributed by atoms with Crippen molar-refractivity contribution in [2.24, 2.45) is 0 Å². The molecule has 1 amide bonds. The minimum atomic E-state index is -0.142. The molecule has 1 aromatic rings. The first-order valence-corrected chi connectivity index (χ1v) is 6.44. The predicted octanol–water partition coefficient (Wildman–Crippen LogP) is 2.90. The number of hydrogen-bond donors (Lipinski definition) is 1. The van der Waals surface area contributed by atoms with Gasteiger partial charge in [-0.3, -0.25) is 4.79 Å². The second-order valence-electron chi connectivity index (χ2n) is 3.43. The van der Waals surface area contributed by atoms with Crippen LogP contribution in [-0.4, -0.2) is 17.5 Å². The highest BCUT2D eigenvalue weighted by Gasteiger charge is 2.14. The van der Waals surface area contributed by atoms with Crippen LogP contribution in [-0.2, 0) is 11.2 Å². The molecule has 0 aromatic heterocycles. The first kappa shape index (κ1) is 10.8. The summed E-state index contributed by atoms with van der Waals surface area (Å²) in [7, 11) is 0. The third kappa shape index (κ3) is 2.47. The van der Waals surface area contributed by atoms with E-state index >= 15 is 0 Å². The molecule has 0 aliphatic carbocycles. The van der Waals surface area contributed by atoms with Crippen LogP contribution in [0, 0.1) is 0 Å². The molecule has 1 aromatic carbocycles. The highest BCUT2D eigenvalue weighted by atomic mass is 35.5. The molecule has 4 heteroatoms. The molecule has 80 valence electrons. The molecule has 1 heterocycles. The van der Waals surface area contributed by atoms with Crippen molar-refractivity contribution < 1.29 is 4.79 Å². The monoisotopic (exact) mass is 241 g/mol. The maximum Gasteiger partial charge on any atom is 0.239 e. The van der Waals surface area contributed by atoms with Crippen molar-refractivity contribution >= 4 is 35.0 Å². The van der Waals surface area contributed by atoms with Crippen LogP contribution in [0.15, 0.2) is 23.1 Å². The Balaban J connectivity index is 2.27. The summed E-state index contributed by atoms with van der Waals surface area (Å²) < 4.78 is 0. The fourth-order valence-corrected chi connectivity index (χ4v) is 2.86. The van der Waals surface area contributed by atoms with E-state index in [1.165, 1.54) is 16.9 Å². The van der Waals surface area contributed by atoms with Gasteiger partial charge < -0.3 is 5.32 Å². The van der Waals surface area contributed by atoms with Crippen LogP contribution >= 0.6 is 23.4 Å². The van der Waals surface area contributed by atoms with Crippen LogP contribution in [0.2, 0.25) is 0 Å². The molecule has 2 rings (SSSR count). The van der Waals surface area contributed by atoms with Crippen molar-refractivity contribution in [1.29, 1.82) is 0 Å². The zero-order chi connectivity index (χ0) is 10.7. The molecule has 0 fully saturated rings. The average molecular weight is 242 g/mol. The van der Waals surface area contributed by atoms with Crippen molar-refractivity contribution in [3.8, 4) is 0 Å². The summed E-state index contributed by atoms with van der Waals surface area (Å²) in [6.07, 6.45) is 2.32. The summed E-state index contributed by atoms with van der Waals surface area (Å²) in [6, 6.07) is 6.04. The Morgan fingerprint density at radius 2 is 2.40 bits per heavy atom. The molecule has 1 aliphatic heterocycles. The lowest BCUT2D eigenvalue weighted by Gasteiger charge is -2.18. The van der Waals surface area contributed by atoms with Crippen molar-refractivity contribution in [1.82, 2.24) is 0 Å². The molecular formula is C11H12ClNOS. The number of carbonyl (C=O) groups is 1. The molecule has 0 radical (unpaired) electrons. The number of rotatable bonds is 2. The van der Waals surface area contributed by atoms with E-state index in [0.29, 0.717) is 0 Å². The van der Waals surface area contributed by atoms with E-state index in [1.807, 2.05) is 23.9 Å². The van der Waals surface area contributed by atoms with Gasteiger partial charge in [-0.2, -0.15) is 0 Å². The minimum Gasteiger partial charge on any atom is -0.324 e. The summed E-state index contributed by atoms with van der Waals surface area (Å²) in [5.74, 6) is 0.992. The SMILES string of the molecule is O=C(CCl)Nc1cccc2c1SCCC2. The van der Waals surface area contributed by atoms with Gasteiger partial charge in [0.2, 0.25) is 5.91 Å². The van der Waals surface area contributed by atoms with Crippen molar-refractivity contribution in [2.75, 3.05) is 16.9 Å². The molecule has 0 atom stereocenters. The van der Waals surface area contributed by atoms with E-state index in [1.54, 1.807) is 0 Å². The Hall–Kier alpha value is -0.670. The maximum atomic E-state index is 11.2. The summed E-state index contributed by atoms with van der Waals surface area (Å²) in [4.78, 5) is 12.4. The molecule has 0 bridgehead atoms. The summed E-state index contributed by atoms with van der Waals surface area (Å²) in [5.41, 5.74) is 2.24. The van der Waals surface area contributed by atoms with Gasteiger partial charge in [-0.15, -0.1) is 23.4 Å². The molecule has 1 N–H and O–H groups in total. The van der Waals surface area contributed by atoms with E-state index in [0.717, 1.165) is 17.9 Å². The molecule has 0 saturated heterocycles. The lowest BCUT2D eigenvalue weighted by atomic mass is 10.1. The van der Waals surface area contributed by atoms with Gasteiger partial charge in [-0.25, -0.2) is 0 Å². The molecular weight excluding hydrogens is 230 g/mol. The number of aryl methyl sites for hydroxylation is 1. The van der Waals surface area contributed by atoms with Gasteiger partial charge in [-0.1, -0.05) is 12.1 Å². The Bertz CT molecular complexity index is 381. The van der Waals surface area contributed by atoms with E-state index < -0.39 is 0 Å². The number of fused-ring (bicyclic) bond motifs is 1. The lowest BCUT2D eigenvalue weighted by Crippen LogP contribution is -2.14. The highest BCUT2D eigenvalue weighted by Crippen LogP contribution is 2.35. The van der Waals surface area contributed by atoms with Gasteiger partial charge in [0.25, 0.3) is 0 Å². The zero-order valence-corrected chi connectivity index (χ0v) is 9.83. The second kappa shape index (κ2) is 4.90. The number of nitrogens with one attached hydrogen (secondary N) is 1. The van der Waals surface area contributed by atoms with Crippen LogP contribution in [0.25, 0.3) is 0 Å². The quantitative estimate of drug-likeness (QED) is 0.807. The summed E-state index contributed by atoms with van der Waals surface area (Å²) >= 11 is 7.28. The van der Waals surface area contributed by atoms with Gasteiger partial charge in [-0.05, 0) is 30.2 Å². The van der Waals surface area contributed by atoms with Gasteiger partial charge in [0, 0.05) is 4.90 Å². The number of alkyl halides is 1. The fourth-order valence-electron chi connectivity index (χ4n) is 1.67. The van der Waals surface area contributed by atoms with Gasteiger partial charge >= 0.3 is 0 Å². The number of benzene rings is 1. The standard InChI is InChI=1S/C11H12ClNOS/c12-7-10(14)13-9-5-1-3-8-4-2-6-15-11(8)9/h1,3,5H,2,4,6-7H2,(H,13,14). The van der Waals surface area contributed by atoms with Crippen LogP contribution in [0.4, 0.5) is 5.69 Å². The van der Waals surface area contributed by atoms with Gasteiger partial charge in [0.05, 0.1) is 5.69 Å². The van der Waals surface area contributed by atoms with E-state index in [4.69, 9.17) is 11.6 Å². The molecule has 0 spiro atoms. The van der Waals surface area contributed by atoms with Crippen molar-refractivity contribution in [3.05, 3.63) is 23.8 Å². The minimum absolute atomic E-state index is 0.00827. The van der Waals surface area contributed by atoms with E-state index in [-0.39, 0.29) is 11.8 Å².